The quantitative estimate of drug-likeness (QED) is 0.654. The third-order valence-electron chi connectivity index (χ3n) is 5.09. The molecule has 2 rings (SSSR count). The second kappa shape index (κ2) is 8.44. The van der Waals surface area contributed by atoms with Gasteiger partial charge in [0.15, 0.2) is 9.84 Å². The van der Waals surface area contributed by atoms with Gasteiger partial charge in [0.2, 0.25) is 5.91 Å². The molecule has 0 bridgehead atoms. The lowest BCUT2D eigenvalue weighted by atomic mass is 10.2. The number of hydrogen-bond acceptors (Lipinski definition) is 5. The summed E-state index contributed by atoms with van der Waals surface area (Å²) < 4.78 is 28.6. The van der Waals surface area contributed by atoms with Crippen molar-refractivity contribution in [1.82, 2.24) is 9.80 Å². The monoisotopic (exact) mass is 346 g/mol. The highest BCUT2D eigenvalue weighted by Crippen LogP contribution is 2.24. The zero-order chi connectivity index (χ0) is 16.9. The molecule has 134 valence electrons. The number of rotatable bonds is 8. The van der Waals surface area contributed by atoms with E-state index in [-0.39, 0.29) is 23.5 Å². The molecule has 0 aromatic rings. The van der Waals surface area contributed by atoms with E-state index in [1.807, 2.05) is 0 Å². The summed E-state index contributed by atoms with van der Waals surface area (Å²) in [6, 6.07) is 0.311. The van der Waals surface area contributed by atoms with Crippen LogP contribution in [0.5, 0.6) is 0 Å². The molecule has 7 heteroatoms. The van der Waals surface area contributed by atoms with Gasteiger partial charge in [-0.2, -0.15) is 0 Å². The highest BCUT2D eigenvalue weighted by molar-refractivity contribution is 7.91. The number of sulfone groups is 1. The molecule has 0 spiro atoms. The van der Waals surface area contributed by atoms with Crippen molar-refractivity contribution < 1.29 is 17.9 Å². The van der Waals surface area contributed by atoms with E-state index in [2.05, 4.69) is 11.8 Å². The lowest BCUT2D eigenvalue weighted by Crippen LogP contribution is -2.49. The van der Waals surface area contributed by atoms with Gasteiger partial charge in [0.25, 0.3) is 0 Å². The van der Waals surface area contributed by atoms with E-state index in [0.29, 0.717) is 32.2 Å². The molecule has 0 radical (unpaired) electrons. The third kappa shape index (κ3) is 5.16. The van der Waals surface area contributed by atoms with Crippen LogP contribution in [-0.2, 0) is 19.4 Å². The number of amides is 1. The number of methoxy groups -OCH3 is 1. The van der Waals surface area contributed by atoms with Gasteiger partial charge in [0.1, 0.15) is 0 Å². The van der Waals surface area contributed by atoms with Crippen molar-refractivity contribution in [3.05, 3.63) is 0 Å². The Hall–Kier alpha value is -0.660. The Morgan fingerprint density at radius 3 is 2.39 bits per heavy atom. The van der Waals surface area contributed by atoms with Crippen molar-refractivity contribution in [2.45, 2.75) is 51.1 Å². The summed E-state index contributed by atoms with van der Waals surface area (Å²) in [6.45, 7) is 4.25. The van der Waals surface area contributed by atoms with Crippen molar-refractivity contribution in [2.75, 3.05) is 44.9 Å². The fourth-order valence-electron chi connectivity index (χ4n) is 3.75. The number of nitrogens with zero attached hydrogens (tertiary/aromatic N) is 2. The zero-order valence-corrected chi connectivity index (χ0v) is 15.2. The average Bonchev–Trinajstić information content (AvgIpc) is 3.15. The Morgan fingerprint density at radius 2 is 1.87 bits per heavy atom. The molecule has 1 unspecified atom stereocenters. The van der Waals surface area contributed by atoms with Gasteiger partial charge in [-0.1, -0.05) is 19.8 Å². The fraction of sp³-hybridized carbons (Fsp3) is 0.938. The Morgan fingerprint density at radius 1 is 1.17 bits per heavy atom. The molecule has 2 fully saturated rings. The van der Waals surface area contributed by atoms with Crippen molar-refractivity contribution in [3.8, 4) is 0 Å². The molecule has 1 aliphatic carbocycles. The Labute approximate surface area is 140 Å². The normalized spacial score (nSPS) is 24.4. The van der Waals surface area contributed by atoms with E-state index in [0.717, 1.165) is 19.4 Å². The van der Waals surface area contributed by atoms with Crippen molar-refractivity contribution in [2.24, 2.45) is 0 Å². The predicted octanol–water partition coefficient (Wildman–Crippen LogP) is 0.913. The molecule has 0 aromatic carbocycles. The largest absolute Gasteiger partial charge is 0.383 e. The van der Waals surface area contributed by atoms with Crippen molar-refractivity contribution in [3.63, 3.8) is 0 Å². The number of hydrogen-bond donors (Lipinski definition) is 0. The summed E-state index contributed by atoms with van der Waals surface area (Å²) in [7, 11) is -1.39. The summed E-state index contributed by atoms with van der Waals surface area (Å²) >= 11 is 0. The lowest BCUT2D eigenvalue weighted by Gasteiger charge is -2.33. The van der Waals surface area contributed by atoms with E-state index >= 15 is 0 Å². The van der Waals surface area contributed by atoms with Gasteiger partial charge in [0.05, 0.1) is 24.7 Å². The van der Waals surface area contributed by atoms with Crippen LogP contribution in [0.1, 0.15) is 39.0 Å². The first-order valence-electron chi connectivity index (χ1n) is 8.69. The average molecular weight is 346 g/mol. The van der Waals surface area contributed by atoms with Gasteiger partial charge in [-0.05, 0) is 25.8 Å². The molecule has 6 nitrogen and oxygen atoms in total. The van der Waals surface area contributed by atoms with E-state index in [9.17, 15) is 13.2 Å². The molecule has 1 amide bonds. The van der Waals surface area contributed by atoms with Crippen LogP contribution in [0.4, 0.5) is 0 Å². The molecule has 0 aromatic heterocycles. The van der Waals surface area contributed by atoms with Crippen LogP contribution in [0.2, 0.25) is 0 Å². The highest BCUT2D eigenvalue weighted by Gasteiger charge is 2.35. The number of likely N-dealkylation sites (N-methyl/N-ethyl adjacent to an activating group) is 1. The molecular formula is C16H30N2O4S. The third-order valence-corrected chi connectivity index (χ3v) is 6.84. The van der Waals surface area contributed by atoms with Crippen LogP contribution >= 0.6 is 0 Å². The minimum atomic E-state index is -3.00. The first-order chi connectivity index (χ1) is 11.0. The van der Waals surface area contributed by atoms with Crippen LogP contribution in [0.15, 0.2) is 0 Å². The highest BCUT2D eigenvalue weighted by atomic mass is 32.2. The number of carbonyl (C=O) groups excluding carboxylic acids is 1. The lowest BCUT2D eigenvalue weighted by molar-refractivity contribution is -0.135. The molecule has 23 heavy (non-hydrogen) atoms. The number of carbonyl (C=O) groups is 1. The summed E-state index contributed by atoms with van der Waals surface area (Å²) in [5.74, 6) is 0.324. The Bertz CT molecular complexity index is 488. The molecule has 0 N–H and O–H groups in total. The standard InChI is InChI=1S/C16H30N2O4S/c1-3-17(14-6-4-5-7-14)12-16(19)18(9-10-22-2)15-8-11-23(20,21)13-15/h14-15H,3-13H2,1-2H3. The van der Waals surface area contributed by atoms with Crippen LogP contribution in [0.25, 0.3) is 0 Å². The van der Waals surface area contributed by atoms with Gasteiger partial charge in [0, 0.05) is 25.7 Å². The molecule has 1 aliphatic heterocycles. The maximum Gasteiger partial charge on any atom is 0.237 e. The first-order valence-corrected chi connectivity index (χ1v) is 10.5. The first kappa shape index (κ1) is 18.7. The smallest absolute Gasteiger partial charge is 0.237 e. The van der Waals surface area contributed by atoms with Gasteiger partial charge < -0.3 is 9.64 Å². The topological polar surface area (TPSA) is 66.9 Å². The minimum Gasteiger partial charge on any atom is -0.383 e. The van der Waals surface area contributed by atoms with E-state index in [1.165, 1.54) is 12.8 Å². The zero-order valence-electron chi connectivity index (χ0n) is 14.4. The van der Waals surface area contributed by atoms with Crippen molar-refractivity contribution >= 4 is 15.7 Å². The van der Waals surface area contributed by atoms with Crippen LogP contribution in [0.3, 0.4) is 0 Å². The van der Waals surface area contributed by atoms with Crippen LogP contribution in [0, 0.1) is 0 Å². The molecule has 1 heterocycles. The van der Waals surface area contributed by atoms with E-state index in [4.69, 9.17) is 4.74 Å². The molecular weight excluding hydrogens is 316 g/mol. The van der Waals surface area contributed by atoms with Crippen LogP contribution < -0.4 is 0 Å². The Kier molecular flexibility index (Phi) is 6.85. The van der Waals surface area contributed by atoms with Crippen molar-refractivity contribution in [1.29, 1.82) is 0 Å². The van der Waals surface area contributed by atoms with Gasteiger partial charge >= 0.3 is 0 Å². The molecule has 2 aliphatic rings. The molecule has 1 saturated carbocycles. The van der Waals surface area contributed by atoms with E-state index < -0.39 is 9.84 Å². The predicted molar refractivity (Wildman–Crippen MR) is 90.2 cm³/mol. The molecule has 1 saturated heterocycles. The van der Waals surface area contributed by atoms with Gasteiger partial charge in [-0.3, -0.25) is 9.69 Å². The SMILES string of the molecule is CCN(CC(=O)N(CCOC)C1CCS(=O)(=O)C1)C1CCCC1. The summed E-state index contributed by atoms with van der Waals surface area (Å²) in [6.07, 6.45) is 5.36. The summed E-state index contributed by atoms with van der Waals surface area (Å²) in [5.41, 5.74) is 0. The number of ether oxygens (including phenoxy) is 1. The van der Waals surface area contributed by atoms with Crippen LogP contribution in [-0.4, -0.2) is 81.1 Å². The van der Waals surface area contributed by atoms with Gasteiger partial charge in [-0.15, -0.1) is 0 Å². The summed E-state index contributed by atoms with van der Waals surface area (Å²) in [4.78, 5) is 16.8. The second-order valence-corrected chi connectivity index (χ2v) is 8.87. The van der Waals surface area contributed by atoms with Gasteiger partial charge in [-0.25, -0.2) is 8.42 Å². The molecule has 1 atom stereocenters. The minimum absolute atomic E-state index is 0.0397. The maximum absolute atomic E-state index is 12.8. The maximum atomic E-state index is 12.8. The van der Waals surface area contributed by atoms with E-state index in [1.54, 1.807) is 12.0 Å². The second-order valence-electron chi connectivity index (χ2n) is 6.64. The fourth-order valence-corrected chi connectivity index (χ4v) is 5.49. The Balaban J connectivity index is 2.00. The summed E-state index contributed by atoms with van der Waals surface area (Å²) in [5, 5.41) is 0.